The Morgan fingerprint density at radius 1 is 1.26 bits per heavy atom. The Bertz CT molecular complexity index is 237. The largest absolute Gasteiger partial charge is 0.380 e. The number of carbonyl (C=O) groups excluding carboxylic acids is 1. The van der Waals surface area contributed by atoms with Crippen molar-refractivity contribution in [3.8, 4) is 0 Å². The van der Waals surface area contributed by atoms with E-state index in [1.807, 2.05) is 18.7 Å². The average molecular weight is 316 g/mol. The van der Waals surface area contributed by atoms with Gasteiger partial charge >= 0.3 is 0 Å². The van der Waals surface area contributed by atoms with E-state index in [1.165, 1.54) is 0 Å². The summed E-state index contributed by atoms with van der Waals surface area (Å²) >= 11 is 0. The monoisotopic (exact) mass is 315 g/mol. The van der Waals surface area contributed by atoms with E-state index in [-0.39, 0.29) is 36.6 Å². The summed E-state index contributed by atoms with van der Waals surface area (Å²) in [4.78, 5) is 16.2. The van der Waals surface area contributed by atoms with Gasteiger partial charge < -0.3 is 15.4 Å². The molecule has 1 aliphatic rings. The number of rotatable bonds is 6. The molecule has 0 aliphatic carbocycles. The third kappa shape index (κ3) is 7.32. The van der Waals surface area contributed by atoms with Gasteiger partial charge in [0, 0.05) is 51.8 Å². The number of amides is 1. The minimum absolute atomic E-state index is 0. The predicted octanol–water partition coefficient (Wildman–Crippen LogP) is 0.605. The molecule has 1 rings (SSSR count). The number of piperazine rings is 1. The van der Waals surface area contributed by atoms with Crippen molar-refractivity contribution in [2.24, 2.45) is 11.7 Å². The van der Waals surface area contributed by atoms with E-state index >= 15 is 0 Å². The molecule has 1 unspecified atom stereocenters. The fourth-order valence-corrected chi connectivity index (χ4v) is 1.94. The van der Waals surface area contributed by atoms with Crippen molar-refractivity contribution in [3.05, 3.63) is 0 Å². The Labute approximate surface area is 128 Å². The quantitative estimate of drug-likeness (QED) is 0.729. The highest BCUT2D eigenvalue weighted by molar-refractivity contribution is 5.85. The fourth-order valence-electron chi connectivity index (χ4n) is 1.94. The first-order chi connectivity index (χ1) is 8.19. The van der Waals surface area contributed by atoms with Gasteiger partial charge in [-0.15, -0.1) is 24.8 Å². The maximum Gasteiger partial charge on any atom is 0.226 e. The molecule has 2 N–H and O–H groups in total. The molecule has 0 bridgehead atoms. The summed E-state index contributed by atoms with van der Waals surface area (Å²) in [5.41, 5.74) is 5.51. The predicted molar refractivity (Wildman–Crippen MR) is 82.2 cm³/mol. The first-order valence-electron chi connectivity index (χ1n) is 6.48. The minimum Gasteiger partial charge on any atom is -0.380 e. The zero-order chi connectivity index (χ0) is 12.7. The van der Waals surface area contributed by atoms with Crippen LogP contribution in [0.4, 0.5) is 0 Å². The zero-order valence-electron chi connectivity index (χ0n) is 11.8. The molecule has 1 aliphatic heterocycles. The molecule has 1 amide bonds. The van der Waals surface area contributed by atoms with Gasteiger partial charge in [0.1, 0.15) is 0 Å². The Hall–Kier alpha value is -0.0700. The van der Waals surface area contributed by atoms with Gasteiger partial charge in [0.15, 0.2) is 0 Å². The van der Waals surface area contributed by atoms with Crippen molar-refractivity contribution in [1.82, 2.24) is 9.80 Å². The molecular weight excluding hydrogens is 289 g/mol. The summed E-state index contributed by atoms with van der Waals surface area (Å²) in [5.74, 6) is 0.141. The molecule has 1 fully saturated rings. The van der Waals surface area contributed by atoms with Gasteiger partial charge in [0.2, 0.25) is 5.91 Å². The van der Waals surface area contributed by atoms with E-state index < -0.39 is 0 Å². The van der Waals surface area contributed by atoms with Crippen LogP contribution in [-0.4, -0.2) is 68.2 Å². The Morgan fingerprint density at radius 2 is 1.84 bits per heavy atom. The molecular formula is C12H27Cl2N3O2. The number of hydrogen-bond acceptors (Lipinski definition) is 4. The second kappa shape index (κ2) is 11.7. The minimum atomic E-state index is -0.0509. The van der Waals surface area contributed by atoms with Crippen LogP contribution < -0.4 is 5.73 Å². The first-order valence-corrected chi connectivity index (χ1v) is 6.48. The number of nitrogens with two attached hydrogens (primary N) is 1. The summed E-state index contributed by atoms with van der Waals surface area (Å²) in [5, 5.41) is 0. The Kier molecular flexibility index (Phi) is 13.1. The zero-order valence-corrected chi connectivity index (χ0v) is 13.5. The van der Waals surface area contributed by atoms with Gasteiger partial charge in [-0.3, -0.25) is 9.69 Å². The number of ether oxygens (including phenoxy) is 1. The van der Waals surface area contributed by atoms with Crippen molar-refractivity contribution in [2.45, 2.75) is 13.8 Å². The topological polar surface area (TPSA) is 58.8 Å². The number of hydrogen-bond donors (Lipinski definition) is 1. The highest BCUT2D eigenvalue weighted by atomic mass is 35.5. The summed E-state index contributed by atoms with van der Waals surface area (Å²) in [6.45, 7) is 10.4. The normalized spacial score (nSPS) is 17.3. The van der Waals surface area contributed by atoms with Crippen molar-refractivity contribution in [2.75, 3.05) is 52.5 Å². The molecule has 1 heterocycles. The molecule has 0 spiro atoms. The van der Waals surface area contributed by atoms with Crippen LogP contribution in [0.3, 0.4) is 0 Å². The van der Waals surface area contributed by atoms with Crippen LogP contribution in [0, 0.1) is 5.92 Å². The van der Waals surface area contributed by atoms with Crippen LogP contribution in [-0.2, 0) is 9.53 Å². The highest BCUT2D eigenvalue weighted by Gasteiger charge is 2.23. The van der Waals surface area contributed by atoms with Crippen LogP contribution in [0.2, 0.25) is 0 Å². The molecule has 0 radical (unpaired) electrons. The van der Waals surface area contributed by atoms with Crippen molar-refractivity contribution in [1.29, 1.82) is 0 Å². The van der Waals surface area contributed by atoms with Gasteiger partial charge in [-0.05, 0) is 6.92 Å². The van der Waals surface area contributed by atoms with Gasteiger partial charge in [-0.1, -0.05) is 6.92 Å². The number of nitrogens with zero attached hydrogens (tertiary/aromatic N) is 2. The molecule has 5 nitrogen and oxygen atoms in total. The average Bonchev–Trinajstić information content (AvgIpc) is 2.38. The van der Waals surface area contributed by atoms with E-state index in [1.54, 1.807) is 0 Å². The van der Waals surface area contributed by atoms with E-state index in [2.05, 4.69) is 4.90 Å². The molecule has 19 heavy (non-hydrogen) atoms. The molecule has 0 aromatic carbocycles. The Morgan fingerprint density at radius 3 is 2.32 bits per heavy atom. The maximum atomic E-state index is 11.9. The van der Waals surface area contributed by atoms with Crippen molar-refractivity contribution in [3.63, 3.8) is 0 Å². The second-order valence-electron chi connectivity index (χ2n) is 4.50. The smallest absolute Gasteiger partial charge is 0.226 e. The standard InChI is InChI=1S/C12H25N3O2.2ClH/c1-3-17-9-8-14-4-6-15(7-5-14)12(16)11(2)10-13;;/h11H,3-10,13H2,1-2H3;2*1H. The van der Waals surface area contributed by atoms with Crippen LogP contribution in [0.15, 0.2) is 0 Å². The van der Waals surface area contributed by atoms with Crippen LogP contribution >= 0.6 is 24.8 Å². The number of halogens is 2. The van der Waals surface area contributed by atoms with Gasteiger partial charge in [0.05, 0.1) is 6.61 Å². The maximum absolute atomic E-state index is 11.9. The van der Waals surface area contributed by atoms with Crippen LogP contribution in [0.25, 0.3) is 0 Å². The van der Waals surface area contributed by atoms with Crippen molar-refractivity contribution < 1.29 is 9.53 Å². The third-order valence-electron chi connectivity index (χ3n) is 3.22. The second-order valence-corrected chi connectivity index (χ2v) is 4.50. The summed E-state index contributed by atoms with van der Waals surface area (Å²) in [7, 11) is 0. The van der Waals surface area contributed by atoms with Gasteiger partial charge in [0.25, 0.3) is 0 Å². The number of carbonyl (C=O) groups is 1. The van der Waals surface area contributed by atoms with Gasteiger partial charge in [-0.25, -0.2) is 0 Å². The lowest BCUT2D eigenvalue weighted by Crippen LogP contribution is -2.51. The Balaban J connectivity index is 0. The summed E-state index contributed by atoms with van der Waals surface area (Å²) in [6, 6.07) is 0. The molecule has 7 heteroatoms. The molecule has 116 valence electrons. The lowest BCUT2D eigenvalue weighted by Gasteiger charge is -2.35. The summed E-state index contributed by atoms with van der Waals surface area (Å²) < 4.78 is 5.33. The lowest BCUT2D eigenvalue weighted by atomic mass is 10.1. The van der Waals surface area contributed by atoms with E-state index in [9.17, 15) is 4.79 Å². The summed E-state index contributed by atoms with van der Waals surface area (Å²) in [6.07, 6.45) is 0. The third-order valence-corrected chi connectivity index (χ3v) is 3.22. The van der Waals surface area contributed by atoms with Crippen molar-refractivity contribution >= 4 is 30.7 Å². The van der Waals surface area contributed by atoms with Gasteiger partial charge in [-0.2, -0.15) is 0 Å². The lowest BCUT2D eigenvalue weighted by molar-refractivity contribution is -0.136. The van der Waals surface area contributed by atoms with E-state index in [4.69, 9.17) is 10.5 Å². The highest BCUT2D eigenvalue weighted by Crippen LogP contribution is 2.06. The first kappa shape index (κ1) is 21.2. The molecule has 0 aromatic heterocycles. The fraction of sp³-hybridized carbons (Fsp3) is 0.917. The molecule has 1 atom stereocenters. The van der Waals surface area contributed by atoms with E-state index in [0.717, 1.165) is 45.9 Å². The van der Waals surface area contributed by atoms with Crippen LogP contribution in [0.1, 0.15) is 13.8 Å². The molecule has 0 saturated carbocycles. The molecule has 1 saturated heterocycles. The van der Waals surface area contributed by atoms with Crippen LogP contribution in [0.5, 0.6) is 0 Å². The SMILES string of the molecule is CCOCCN1CCN(C(=O)C(C)CN)CC1.Cl.Cl. The molecule has 0 aromatic rings. The van der Waals surface area contributed by atoms with E-state index in [0.29, 0.717) is 6.54 Å².